The summed E-state index contributed by atoms with van der Waals surface area (Å²) in [5, 5.41) is 6.91. The lowest BCUT2D eigenvalue weighted by atomic mass is 9.90. The van der Waals surface area contributed by atoms with Gasteiger partial charge in [0.05, 0.1) is 0 Å². The Hall–Kier alpha value is -0.770. The molecule has 0 spiro atoms. The quantitative estimate of drug-likeness (QED) is 0.818. The van der Waals surface area contributed by atoms with Crippen molar-refractivity contribution in [3.8, 4) is 0 Å². The van der Waals surface area contributed by atoms with Crippen molar-refractivity contribution in [2.75, 3.05) is 19.6 Å². The fourth-order valence-electron chi connectivity index (χ4n) is 3.74. The maximum absolute atomic E-state index is 12.4. The molecule has 2 N–H and O–H groups in total. The second-order valence-electron chi connectivity index (χ2n) is 6.75. The van der Waals surface area contributed by atoms with Gasteiger partial charge in [-0.2, -0.15) is 0 Å². The van der Waals surface area contributed by atoms with Crippen LogP contribution >= 0.6 is 0 Å². The highest BCUT2D eigenvalue weighted by atomic mass is 16.2. The number of piperidine rings is 1. The molecule has 2 rings (SSSR count). The van der Waals surface area contributed by atoms with Gasteiger partial charge in [-0.25, -0.2) is 4.79 Å². The molecule has 2 amide bonds. The fraction of sp³-hybridized carbons (Fsp3) is 0.941. The minimum atomic E-state index is 0.175. The van der Waals surface area contributed by atoms with Crippen molar-refractivity contribution < 1.29 is 4.79 Å². The van der Waals surface area contributed by atoms with E-state index in [-0.39, 0.29) is 6.03 Å². The molecule has 122 valence electrons. The van der Waals surface area contributed by atoms with E-state index in [0.29, 0.717) is 18.0 Å². The number of hydrogen-bond donors (Lipinski definition) is 2. The molecular weight excluding hydrogens is 262 g/mol. The van der Waals surface area contributed by atoms with Crippen LogP contribution in [0.4, 0.5) is 4.79 Å². The third-order valence-corrected chi connectivity index (χ3v) is 5.13. The van der Waals surface area contributed by atoms with Crippen molar-refractivity contribution in [2.24, 2.45) is 5.92 Å². The Morgan fingerprint density at radius 2 is 1.90 bits per heavy atom. The van der Waals surface area contributed by atoms with Crippen molar-refractivity contribution in [1.82, 2.24) is 15.5 Å². The Morgan fingerprint density at radius 3 is 2.57 bits per heavy atom. The molecule has 1 heterocycles. The minimum Gasteiger partial charge on any atom is -0.335 e. The zero-order valence-electron chi connectivity index (χ0n) is 13.9. The van der Waals surface area contributed by atoms with Crippen molar-refractivity contribution in [3.05, 3.63) is 0 Å². The van der Waals surface area contributed by atoms with Gasteiger partial charge >= 0.3 is 6.03 Å². The van der Waals surface area contributed by atoms with Crippen molar-refractivity contribution in [3.63, 3.8) is 0 Å². The van der Waals surface area contributed by atoms with E-state index in [2.05, 4.69) is 24.5 Å². The molecule has 1 aliphatic carbocycles. The maximum Gasteiger partial charge on any atom is 0.317 e. The van der Waals surface area contributed by atoms with Gasteiger partial charge in [-0.1, -0.05) is 39.5 Å². The number of carbonyl (C=O) groups is 1. The van der Waals surface area contributed by atoms with Crippen molar-refractivity contribution in [2.45, 2.75) is 77.3 Å². The topological polar surface area (TPSA) is 44.4 Å². The number of nitrogens with zero attached hydrogens (tertiary/aromatic N) is 1. The first-order chi connectivity index (χ1) is 10.2. The lowest BCUT2D eigenvalue weighted by molar-refractivity contribution is 0.137. The lowest BCUT2D eigenvalue weighted by Gasteiger charge is -2.39. The van der Waals surface area contributed by atoms with E-state index in [4.69, 9.17) is 0 Å². The second-order valence-corrected chi connectivity index (χ2v) is 6.75. The first-order valence-electron chi connectivity index (χ1n) is 9.03. The summed E-state index contributed by atoms with van der Waals surface area (Å²) in [7, 11) is 0. The van der Waals surface area contributed by atoms with E-state index in [1.54, 1.807) is 0 Å². The van der Waals surface area contributed by atoms with Gasteiger partial charge in [0.2, 0.25) is 0 Å². The number of amides is 2. The highest BCUT2D eigenvalue weighted by Crippen LogP contribution is 2.22. The van der Waals surface area contributed by atoms with Crippen LogP contribution in [0.25, 0.3) is 0 Å². The number of rotatable bonds is 5. The van der Waals surface area contributed by atoms with Gasteiger partial charge in [-0.3, -0.25) is 0 Å². The Balaban J connectivity index is 1.79. The maximum atomic E-state index is 12.4. The first kappa shape index (κ1) is 16.6. The molecule has 0 aromatic rings. The largest absolute Gasteiger partial charge is 0.335 e. The summed E-state index contributed by atoms with van der Waals surface area (Å²) >= 11 is 0. The minimum absolute atomic E-state index is 0.175. The zero-order valence-corrected chi connectivity index (χ0v) is 13.9. The van der Waals surface area contributed by atoms with Gasteiger partial charge in [0.1, 0.15) is 0 Å². The molecule has 0 aromatic carbocycles. The third-order valence-electron chi connectivity index (χ3n) is 5.13. The molecule has 2 atom stereocenters. The summed E-state index contributed by atoms with van der Waals surface area (Å²) in [5.41, 5.74) is 0. The molecule has 4 heteroatoms. The van der Waals surface area contributed by atoms with Gasteiger partial charge in [0.15, 0.2) is 0 Å². The average Bonchev–Trinajstić information content (AvgIpc) is 2.53. The van der Waals surface area contributed by atoms with E-state index in [9.17, 15) is 4.79 Å². The second kappa shape index (κ2) is 8.62. The predicted molar refractivity (Wildman–Crippen MR) is 87.5 cm³/mol. The van der Waals surface area contributed by atoms with Crippen LogP contribution in [0.1, 0.15) is 65.2 Å². The van der Waals surface area contributed by atoms with E-state index in [1.807, 2.05) is 4.90 Å². The number of likely N-dealkylation sites (tertiary alicyclic amines) is 1. The van der Waals surface area contributed by atoms with Crippen LogP contribution < -0.4 is 10.6 Å². The first-order valence-corrected chi connectivity index (χ1v) is 9.03. The SMILES string of the molecule is CCCNC1CCN(C(=O)NC2CCCCC2)CC1CC. The van der Waals surface area contributed by atoms with E-state index < -0.39 is 0 Å². The Bertz CT molecular complexity index is 315. The van der Waals surface area contributed by atoms with E-state index in [1.165, 1.54) is 25.7 Å². The molecule has 1 aliphatic heterocycles. The van der Waals surface area contributed by atoms with Crippen LogP contribution in [-0.4, -0.2) is 42.6 Å². The lowest BCUT2D eigenvalue weighted by Crippen LogP contribution is -2.54. The van der Waals surface area contributed by atoms with Crippen LogP contribution in [0, 0.1) is 5.92 Å². The molecule has 1 saturated carbocycles. The summed E-state index contributed by atoms with van der Waals surface area (Å²) in [6, 6.07) is 1.19. The highest BCUT2D eigenvalue weighted by molar-refractivity contribution is 5.74. The summed E-state index contributed by atoms with van der Waals surface area (Å²) in [6.07, 6.45) is 9.62. The number of urea groups is 1. The number of nitrogens with one attached hydrogen (secondary N) is 2. The predicted octanol–water partition coefficient (Wildman–Crippen LogP) is 3.13. The number of hydrogen-bond acceptors (Lipinski definition) is 2. The van der Waals surface area contributed by atoms with Gasteiger partial charge in [-0.05, 0) is 38.1 Å². The molecule has 2 fully saturated rings. The van der Waals surface area contributed by atoms with Crippen LogP contribution in [0.5, 0.6) is 0 Å². The molecule has 0 bridgehead atoms. The molecule has 2 aliphatic rings. The van der Waals surface area contributed by atoms with Crippen LogP contribution in [-0.2, 0) is 0 Å². The van der Waals surface area contributed by atoms with Crippen molar-refractivity contribution >= 4 is 6.03 Å². The third kappa shape index (κ3) is 4.87. The molecule has 4 nitrogen and oxygen atoms in total. The monoisotopic (exact) mass is 295 g/mol. The standard InChI is InChI=1S/C17H33N3O/c1-3-11-18-16-10-12-20(13-14(16)4-2)17(21)19-15-8-6-5-7-9-15/h14-16,18H,3-13H2,1-2H3,(H,19,21). The summed E-state index contributed by atoms with van der Waals surface area (Å²) in [4.78, 5) is 14.5. The van der Waals surface area contributed by atoms with Gasteiger partial charge in [-0.15, -0.1) is 0 Å². The van der Waals surface area contributed by atoms with Gasteiger partial charge in [0.25, 0.3) is 0 Å². The van der Waals surface area contributed by atoms with Gasteiger partial charge in [0, 0.05) is 25.2 Å². The fourth-order valence-corrected chi connectivity index (χ4v) is 3.74. The van der Waals surface area contributed by atoms with Crippen LogP contribution in [0.2, 0.25) is 0 Å². The van der Waals surface area contributed by atoms with Crippen LogP contribution in [0.3, 0.4) is 0 Å². The number of carbonyl (C=O) groups excluding carboxylic acids is 1. The summed E-state index contributed by atoms with van der Waals surface area (Å²) < 4.78 is 0. The zero-order chi connectivity index (χ0) is 15.1. The smallest absolute Gasteiger partial charge is 0.317 e. The highest BCUT2D eigenvalue weighted by Gasteiger charge is 2.30. The Labute approximate surface area is 130 Å². The normalized spacial score (nSPS) is 27.6. The Kier molecular flexibility index (Phi) is 6.81. The van der Waals surface area contributed by atoms with E-state index >= 15 is 0 Å². The van der Waals surface area contributed by atoms with Crippen molar-refractivity contribution in [1.29, 1.82) is 0 Å². The molecular formula is C17H33N3O. The van der Waals surface area contributed by atoms with E-state index in [0.717, 1.165) is 45.3 Å². The van der Waals surface area contributed by atoms with Crippen LogP contribution in [0.15, 0.2) is 0 Å². The molecule has 21 heavy (non-hydrogen) atoms. The molecule has 0 aromatic heterocycles. The summed E-state index contributed by atoms with van der Waals surface area (Å²) in [6.45, 7) is 7.36. The molecule has 2 unspecified atom stereocenters. The summed E-state index contributed by atoms with van der Waals surface area (Å²) in [5.74, 6) is 0.599. The van der Waals surface area contributed by atoms with Gasteiger partial charge < -0.3 is 15.5 Å². The average molecular weight is 295 g/mol. The molecule has 0 radical (unpaired) electrons. The molecule has 1 saturated heterocycles. The Morgan fingerprint density at radius 1 is 1.14 bits per heavy atom.